The summed E-state index contributed by atoms with van der Waals surface area (Å²) in [6.07, 6.45) is 7.16. The molecule has 21 heavy (non-hydrogen) atoms. The molecule has 2 N–H and O–H groups in total. The molecule has 2 unspecified atom stereocenters. The van der Waals surface area contributed by atoms with Crippen molar-refractivity contribution in [1.82, 2.24) is 5.32 Å². The van der Waals surface area contributed by atoms with E-state index in [9.17, 15) is 5.11 Å². The zero-order valence-electron chi connectivity index (χ0n) is 14.0. The molecule has 0 bridgehead atoms. The first-order valence-electron chi connectivity index (χ1n) is 8.80. The van der Waals surface area contributed by atoms with Crippen LogP contribution in [-0.2, 0) is 9.47 Å². The van der Waals surface area contributed by atoms with E-state index in [2.05, 4.69) is 19.2 Å². The minimum absolute atomic E-state index is 0.419. The van der Waals surface area contributed by atoms with Gasteiger partial charge in [-0.2, -0.15) is 0 Å². The second kappa shape index (κ2) is 12.4. The van der Waals surface area contributed by atoms with Gasteiger partial charge in [-0.15, -0.1) is 0 Å². The van der Waals surface area contributed by atoms with Gasteiger partial charge in [0.05, 0.1) is 19.3 Å². The third-order valence-corrected chi connectivity index (χ3v) is 4.06. The molecule has 0 aromatic rings. The number of hydrogen-bond donors (Lipinski definition) is 2. The Kier molecular flexibility index (Phi) is 11.1. The second-order valence-electron chi connectivity index (χ2n) is 6.33. The van der Waals surface area contributed by atoms with Gasteiger partial charge in [-0.05, 0) is 31.1 Å². The van der Waals surface area contributed by atoms with Gasteiger partial charge in [-0.25, -0.2) is 0 Å². The molecule has 0 spiro atoms. The van der Waals surface area contributed by atoms with Gasteiger partial charge in [0.1, 0.15) is 0 Å². The summed E-state index contributed by atoms with van der Waals surface area (Å²) in [4.78, 5) is 0. The van der Waals surface area contributed by atoms with Gasteiger partial charge >= 0.3 is 0 Å². The van der Waals surface area contributed by atoms with Gasteiger partial charge in [0.25, 0.3) is 0 Å². The molecule has 0 amide bonds. The maximum atomic E-state index is 9.84. The van der Waals surface area contributed by atoms with Crippen LogP contribution in [0, 0.1) is 11.8 Å². The molecule has 1 aliphatic carbocycles. The summed E-state index contributed by atoms with van der Waals surface area (Å²) in [6, 6.07) is 0. The van der Waals surface area contributed by atoms with Crippen LogP contribution in [0.3, 0.4) is 0 Å². The lowest BCUT2D eigenvalue weighted by Crippen LogP contribution is -2.33. The van der Waals surface area contributed by atoms with E-state index < -0.39 is 6.10 Å². The van der Waals surface area contributed by atoms with Crippen LogP contribution in [-0.4, -0.2) is 50.7 Å². The Morgan fingerprint density at radius 3 is 2.67 bits per heavy atom. The van der Waals surface area contributed by atoms with Crippen molar-refractivity contribution in [3.05, 3.63) is 0 Å². The summed E-state index contributed by atoms with van der Waals surface area (Å²) in [5.74, 6) is 1.46. The van der Waals surface area contributed by atoms with Crippen molar-refractivity contribution in [2.75, 3.05) is 39.5 Å². The maximum absolute atomic E-state index is 9.84. The van der Waals surface area contributed by atoms with Crippen LogP contribution in [0.4, 0.5) is 0 Å². The number of unbranched alkanes of at least 4 members (excludes halogenated alkanes) is 1. The fourth-order valence-corrected chi connectivity index (χ4v) is 2.28. The van der Waals surface area contributed by atoms with Crippen LogP contribution in [0.25, 0.3) is 0 Å². The Labute approximate surface area is 130 Å². The van der Waals surface area contributed by atoms with E-state index in [0.29, 0.717) is 19.1 Å². The van der Waals surface area contributed by atoms with E-state index in [4.69, 9.17) is 9.47 Å². The summed E-state index contributed by atoms with van der Waals surface area (Å²) in [5, 5.41) is 13.0. The molecular weight excluding hydrogens is 266 g/mol. The number of rotatable bonds is 15. The number of hydrogen-bond acceptors (Lipinski definition) is 4. The van der Waals surface area contributed by atoms with E-state index in [0.717, 1.165) is 38.7 Å². The van der Waals surface area contributed by atoms with E-state index >= 15 is 0 Å². The summed E-state index contributed by atoms with van der Waals surface area (Å²) in [6.45, 7) is 8.66. The van der Waals surface area contributed by atoms with E-state index in [1.807, 2.05) is 0 Å². The van der Waals surface area contributed by atoms with Crippen molar-refractivity contribution in [2.24, 2.45) is 11.8 Å². The zero-order chi connectivity index (χ0) is 15.3. The van der Waals surface area contributed by atoms with Crippen molar-refractivity contribution in [1.29, 1.82) is 0 Å². The molecule has 0 aromatic heterocycles. The predicted molar refractivity (Wildman–Crippen MR) is 86.5 cm³/mol. The summed E-state index contributed by atoms with van der Waals surface area (Å²) in [5.41, 5.74) is 0. The van der Waals surface area contributed by atoms with Crippen molar-refractivity contribution in [2.45, 2.75) is 58.5 Å². The quantitative estimate of drug-likeness (QED) is 0.457. The smallest absolute Gasteiger partial charge is 0.0897 e. The van der Waals surface area contributed by atoms with Crippen LogP contribution in [0.15, 0.2) is 0 Å². The zero-order valence-corrected chi connectivity index (χ0v) is 14.0. The largest absolute Gasteiger partial charge is 0.389 e. The standard InChI is InChI=1S/C17H35NO3/c1-3-5-6-15(4-2)12-21-14-17(19)11-18-9-10-20-13-16-7-8-16/h15-19H,3-14H2,1-2H3. The first-order chi connectivity index (χ1) is 10.3. The second-order valence-corrected chi connectivity index (χ2v) is 6.33. The monoisotopic (exact) mass is 301 g/mol. The maximum Gasteiger partial charge on any atom is 0.0897 e. The first kappa shape index (κ1) is 18.9. The molecule has 0 heterocycles. The lowest BCUT2D eigenvalue weighted by molar-refractivity contribution is 0.0184. The van der Waals surface area contributed by atoms with E-state index in [-0.39, 0.29) is 0 Å². The third kappa shape index (κ3) is 11.1. The molecule has 4 heteroatoms. The molecule has 4 nitrogen and oxygen atoms in total. The molecular formula is C17H35NO3. The molecule has 0 radical (unpaired) electrons. The number of ether oxygens (including phenoxy) is 2. The van der Waals surface area contributed by atoms with Crippen LogP contribution < -0.4 is 5.32 Å². The van der Waals surface area contributed by atoms with Gasteiger partial charge in [0.15, 0.2) is 0 Å². The third-order valence-electron chi connectivity index (χ3n) is 4.06. The van der Waals surface area contributed by atoms with Gasteiger partial charge in [-0.3, -0.25) is 0 Å². The van der Waals surface area contributed by atoms with Crippen molar-refractivity contribution < 1.29 is 14.6 Å². The minimum Gasteiger partial charge on any atom is -0.389 e. The average Bonchev–Trinajstić information content (AvgIpc) is 3.30. The highest BCUT2D eigenvalue weighted by Gasteiger charge is 2.20. The first-order valence-corrected chi connectivity index (χ1v) is 8.80. The number of aliphatic hydroxyl groups is 1. The molecule has 2 atom stereocenters. The molecule has 126 valence electrons. The molecule has 1 fully saturated rings. The van der Waals surface area contributed by atoms with E-state index in [1.54, 1.807) is 0 Å². The molecule has 0 saturated heterocycles. The Hall–Kier alpha value is -0.160. The highest BCUT2D eigenvalue weighted by atomic mass is 16.5. The Balaban J connectivity index is 1.86. The van der Waals surface area contributed by atoms with Crippen molar-refractivity contribution in [3.8, 4) is 0 Å². The average molecular weight is 301 g/mol. The van der Waals surface area contributed by atoms with Crippen LogP contribution in [0.1, 0.15) is 52.4 Å². The molecule has 1 aliphatic rings. The highest BCUT2D eigenvalue weighted by Crippen LogP contribution is 2.28. The van der Waals surface area contributed by atoms with Crippen LogP contribution in [0.2, 0.25) is 0 Å². The summed E-state index contributed by atoms with van der Waals surface area (Å²) in [7, 11) is 0. The molecule has 1 rings (SSSR count). The van der Waals surface area contributed by atoms with Gasteiger partial charge in [0.2, 0.25) is 0 Å². The Bertz CT molecular complexity index is 234. The molecule has 0 aliphatic heterocycles. The molecule has 0 aromatic carbocycles. The van der Waals surface area contributed by atoms with Gasteiger partial charge < -0.3 is 19.9 Å². The Morgan fingerprint density at radius 2 is 2.00 bits per heavy atom. The predicted octanol–water partition coefficient (Wildman–Crippen LogP) is 2.60. The fraction of sp³-hybridized carbons (Fsp3) is 1.00. The number of aliphatic hydroxyl groups excluding tert-OH is 1. The topological polar surface area (TPSA) is 50.7 Å². The van der Waals surface area contributed by atoms with Crippen molar-refractivity contribution >= 4 is 0 Å². The summed E-state index contributed by atoms with van der Waals surface area (Å²) < 4.78 is 11.2. The highest BCUT2D eigenvalue weighted by molar-refractivity contribution is 4.72. The van der Waals surface area contributed by atoms with Gasteiger partial charge in [-0.1, -0.05) is 33.1 Å². The lowest BCUT2D eigenvalue weighted by Gasteiger charge is -2.17. The Morgan fingerprint density at radius 1 is 1.19 bits per heavy atom. The number of nitrogens with one attached hydrogen (secondary N) is 1. The SMILES string of the molecule is CCCCC(CC)COCC(O)CNCCOCC1CC1. The van der Waals surface area contributed by atoms with E-state index in [1.165, 1.54) is 32.1 Å². The molecule has 1 saturated carbocycles. The van der Waals surface area contributed by atoms with Crippen molar-refractivity contribution in [3.63, 3.8) is 0 Å². The lowest BCUT2D eigenvalue weighted by atomic mass is 10.0. The van der Waals surface area contributed by atoms with Gasteiger partial charge in [0, 0.05) is 26.3 Å². The van der Waals surface area contributed by atoms with Crippen LogP contribution in [0.5, 0.6) is 0 Å². The summed E-state index contributed by atoms with van der Waals surface area (Å²) >= 11 is 0. The normalized spacial score (nSPS) is 17.9. The van der Waals surface area contributed by atoms with Crippen LogP contribution >= 0.6 is 0 Å². The minimum atomic E-state index is -0.419. The fourth-order valence-electron chi connectivity index (χ4n) is 2.28.